The fraction of sp³-hybridized carbons (Fsp3) is 0.188. The summed E-state index contributed by atoms with van der Waals surface area (Å²) in [6, 6.07) is 11.3. The minimum Gasteiger partial charge on any atom is -0.357 e. The Morgan fingerprint density at radius 3 is 2.80 bits per heavy atom. The molecule has 0 saturated heterocycles. The molecule has 0 aliphatic heterocycles. The van der Waals surface area contributed by atoms with E-state index in [-0.39, 0.29) is 5.91 Å². The largest absolute Gasteiger partial charge is 0.357 e. The summed E-state index contributed by atoms with van der Waals surface area (Å²) in [4.78, 5) is 16.8. The van der Waals surface area contributed by atoms with Crippen molar-refractivity contribution in [1.82, 2.24) is 9.88 Å². The highest BCUT2D eigenvalue weighted by Crippen LogP contribution is 2.11. The van der Waals surface area contributed by atoms with Gasteiger partial charge >= 0.3 is 0 Å². The number of aromatic amines is 1. The Kier molecular flexibility index (Phi) is 4.59. The van der Waals surface area contributed by atoms with Crippen molar-refractivity contribution in [2.75, 3.05) is 13.6 Å². The Morgan fingerprint density at radius 2 is 2.10 bits per heavy atom. The molecule has 1 heterocycles. The molecule has 3 N–H and O–H groups in total. The first kappa shape index (κ1) is 13.9. The van der Waals surface area contributed by atoms with Crippen LogP contribution in [-0.4, -0.2) is 29.4 Å². The van der Waals surface area contributed by atoms with E-state index >= 15 is 0 Å². The van der Waals surface area contributed by atoms with Crippen LogP contribution in [0.15, 0.2) is 42.6 Å². The zero-order valence-corrected chi connectivity index (χ0v) is 11.4. The van der Waals surface area contributed by atoms with Gasteiger partial charge in [0.05, 0.1) is 6.54 Å². The van der Waals surface area contributed by atoms with Crippen molar-refractivity contribution in [2.24, 2.45) is 5.73 Å². The maximum absolute atomic E-state index is 12.2. The van der Waals surface area contributed by atoms with E-state index in [1.807, 2.05) is 30.3 Å². The van der Waals surface area contributed by atoms with E-state index in [9.17, 15) is 4.79 Å². The van der Waals surface area contributed by atoms with Gasteiger partial charge in [-0.15, -0.1) is 0 Å². The first-order chi connectivity index (χ1) is 9.72. The molecule has 1 amide bonds. The molecule has 4 nitrogen and oxygen atoms in total. The molecule has 0 fully saturated rings. The third-order valence-electron chi connectivity index (χ3n) is 2.93. The van der Waals surface area contributed by atoms with Crippen LogP contribution in [-0.2, 0) is 6.54 Å². The van der Waals surface area contributed by atoms with Gasteiger partial charge in [0.25, 0.3) is 5.91 Å². The zero-order chi connectivity index (χ0) is 14.4. The normalized spacial score (nSPS) is 9.70. The highest BCUT2D eigenvalue weighted by Gasteiger charge is 2.13. The standard InChI is InChI=1S/C16H17N3O/c1-19(16(20)15-9-5-11-18-15)12-14-7-3-2-6-13(14)8-4-10-17/h2-3,5-7,9,11,18H,10,12,17H2,1H3. The minimum absolute atomic E-state index is 0.0448. The number of carbonyl (C=O) groups excluding carboxylic acids is 1. The van der Waals surface area contributed by atoms with Gasteiger partial charge in [0.15, 0.2) is 0 Å². The van der Waals surface area contributed by atoms with Gasteiger partial charge < -0.3 is 15.6 Å². The van der Waals surface area contributed by atoms with Crippen LogP contribution in [0.2, 0.25) is 0 Å². The first-order valence-corrected chi connectivity index (χ1v) is 6.38. The lowest BCUT2D eigenvalue weighted by atomic mass is 10.1. The number of rotatable bonds is 3. The minimum atomic E-state index is -0.0448. The number of hydrogen-bond donors (Lipinski definition) is 2. The van der Waals surface area contributed by atoms with Gasteiger partial charge in [-0.25, -0.2) is 0 Å². The molecule has 0 unspecified atom stereocenters. The van der Waals surface area contributed by atoms with Crippen LogP contribution >= 0.6 is 0 Å². The molecule has 0 aliphatic rings. The van der Waals surface area contributed by atoms with Crippen LogP contribution < -0.4 is 5.73 Å². The van der Waals surface area contributed by atoms with Gasteiger partial charge in [0.2, 0.25) is 0 Å². The fourth-order valence-electron chi connectivity index (χ4n) is 1.92. The van der Waals surface area contributed by atoms with E-state index in [1.165, 1.54) is 0 Å². The van der Waals surface area contributed by atoms with Crippen molar-refractivity contribution in [3.8, 4) is 11.8 Å². The number of aromatic nitrogens is 1. The molecular formula is C16H17N3O. The molecule has 102 valence electrons. The molecule has 0 bridgehead atoms. The second-order valence-corrected chi connectivity index (χ2v) is 4.41. The second kappa shape index (κ2) is 6.60. The Balaban J connectivity index is 2.15. The van der Waals surface area contributed by atoms with Gasteiger partial charge in [0.1, 0.15) is 5.69 Å². The number of nitrogens with zero attached hydrogens (tertiary/aromatic N) is 1. The van der Waals surface area contributed by atoms with Crippen LogP contribution in [0.25, 0.3) is 0 Å². The Hall–Kier alpha value is -2.51. The fourth-order valence-corrected chi connectivity index (χ4v) is 1.92. The van der Waals surface area contributed by atoms with Crippen LogP contribution in [0, 0.1) is 11.8 Å². The third kappa shape index (κ3) is 3.28. The maximum Gasteiger partial charge on any atom is 0.270 e. The summed E-state index contributed by atoms with van der Waals surface area (Å²) in [6.07, 6.45) is 1.74. The lowest BCUT2D eigenvalue weighted by Gasteiger charge is -2.17. The van der Waals surface area contributed by atoms with Crippen LogP contribution in [0.3, 0.4) is 0 Å². The van der Waals surface area contributed by atoms with Gasteiger partial charge in [0, 0.05) is 25.4 Å². The molecule has 0 aliphatic carbocycles. The molecule has 0 atom stereocenters. The van der Waals surface area contributed by atoms with Gasteiger partial charge in [-0.1, -0.05) is 30.0 Å². The molecule has 4 heteroatoms. The molecule has 0 saturated carbocycles. The number of benzene rings is 1. The van der Waals surface area contributed by atoms with Crippen LogP contribution in [0.1, 0.15) is 21.6 Å². The summed E-state index contributed by atoms with van der Waals surface area (Å²) in [6.45, 7) is 0.832. The Labute approximate surface area is 118 Å². The van der Waals surface area contributed by atoms with E-state index in [0.29, 0.717) is 18.8 Å². The van der Waals surface area contributed by atoms with Gasteiger partial charge in [-0.05, 0) is 23.8 Å². The lowest BCUT2D eigenvalue weighted by Crippen LogP contribution is -2.26. The van der Waals surface area contributed by atoms with Crippen molar-refractivity contribution in [3.63, 3.8) is 0 Å². The summed E-state index contributed by atoms with van der Waals surface area (Å²) in [5.74, 6) is 5.83. The van der Waals surface area contributed by atoms with Crippen molar-refractivity contribution in [2.45, 2.75) is 6.54 Å². The summed E-state index contributed by atoms with van der Waals surface area (Å²) in [5.41, 5.74) is 7.90. The number of H-pyrrole nitrogens is 1. The average molecular weight is 267 g/mol. The Morgan fingerprint density at radius 1 is 1.30 bits per heavy atom. The summed E-state index contributed by atoms with van der Waals surface area (Å²) < 4.78 is 0. The molecule has 2 rings (SSSR count). The highest BCUT2D eigenvalue weighted by molar-refractivity contribution is 5.92. The van der Waals surface area contributed by atoms with E-state index in [1.54, 1.807) is 24.2 Å². The lowest BCUT2D eigenvalue weighted by molar-refractivity contribution is 0.0780. The van der Waals surface area contributed by atoms with Crippen LogP contribution in [0.5, 0.6) is 0 Å². The molecular weight excluding hydrogens is 250 g/mol. The van der Waals surface area contributed by atoms with Crippen molar-refractivity contribution < 1.29 is 4.79 Å². The van der Waals surface area contributed by atoms with E-state index in [2.05, 4.69) is 16.8 Å². The van der Waals surface area contributed by atoms with E-state index < -0.39 is 0 Å². The van der Waals surface area contributed by atoms with E-state index in [0.717, 1.165) is 11.1 Å². The predicted octanol–water partition coefficient (Wildman–Crippen LogP) is 1.60. The van der Waals surface area contributed by atoms with Crippen molar-refractivity contribution in [1.29, 1.82) is 0 Å². The Bertz CT molecular complexity index is 635. The second-order valence-electron chi connectivity index (χ2n) is 4.41. The SMILES string of the molecule is CN(Cc1ccccc1C#CCN)C(=O)c1ccc[nH]1. The quantitative estimate of drug-likeness (QED) is 0.830. The third-order valence-corrected chi connectivity index (χ3v) is 2.93. The molecule has 2 aromatic rings. The summed E-state index contributed by atoms with van der Waals surface area (Å²) in [5, 5.41) is 0. The number of nitrogens with two attached hydrogens (primary N) is 1. The van der Waals surface area contributed by atoms with Crippen LogP contribution in [0.4, 0.5) is 0 Å². The van der Waals surface area contributed by atoms with Crippen molar-refractivity contribution in [3.05, 3.63) is 59.4 Å². The number of amides is 1. The molecule has 0 radical (unpaired) electrons. The number of nitrogens with one attached hydrogen (secondary N) is 1. The molecule has 0 spiro atoms. The smallest absolute Gasteiger partial charge is 0.270 e. The zero-order valence-electron chi connectivity index (χ0n) is 11.4. The first-order valence-electron chi connectivity index (χ1n) is 6.38. The highest BCUT2D eigenvalue weighted by atomic mass is 16.2. The maximum atomic E-state index is 12.2. The number of carbonyl (C=O) groups is 1. The van der Waals surface area contributed by atoms with Gasteiger partial charge in [-0.2, -0.15) is 0 Å². The van der Waals surface area contributed by atoms with E-state index in [4.69, 9.17) is 5.73 Å². The topological polar surface area (TPSA) is 62.1 Å². The molecule has 1 aromatic heterocycles. The van der Waals surface area contributed by atoms with Gasteiger partial charge in [-0.3, -0.25) is 4.79 Å². The predicted molar refractivity (Wildman–Crippen MR) is 79.0 cm³/mol. The average Bonchev–Trinajstić information content (AvgIpc) is 2.99. The molecule has 20 heavy (non-hydrogen) atoms. The van der Waals surface area contributed by atoms with Crippen molar-refractivity contribution >= 4 is 5.91 Å². The molecule has 1 aromatic carbocycles. The monoisotopic (exact) mass is 267 g/mol. The summed E-state index contributed by atoms with van der Waals surface area (Å²) >= 11 is 0. The number of hydrogen-bond acceptors (Lipinski definition) is 2. The summed E-state index contributed by atoms with van der Waals surface area (Å²) in [7, 11) is 1.77.